The number of rotatable bonds is 2. The highest BCUT2D eigenvalue weighted by atomic mass is 16.6. The van der Waals surface area contributed by atoms with Gasteiger partial charge >= 0.3 is 0 Å². The maximum atomic E-state index is 10.4. The molecule has 4 nitrogen and oxygen atoms in total. The summed E-state index contributed by atoms with van der Waals surface area (Å²) in [5.74, 6) is 0.476. The molecule has 0 radical (unpaired) electrons. The van der Waals surface area contributed by atoms with Gasteiger partial charge in [-0.3, -0.25) is 10.1 Å². The van der Waals surface area contributed by atoms with Crippen molar-refractivity contribution in [3.8, 4) is 0 Å². The van der Waals surface area contributed by atoms with Gasteiger partial charge in [0.2, 0.25) is 0 Å². The Morgan fingerprint density at radius 2 is 2.00 bits per heavy atom. The van der Waals surface area contributed by atoms with Crippen LogP contribution in [0, 0.1) is 16.0 Å². The lowest BCUT2D eigenvalue weighted by molar-refractivity contribution is -0.384. The molecule has 2 atom stereocenters. The molecule has 1 aliphatic carbocycles. The smallest absolute Gasteiger partial charge is 0.269 e. The number of nitrogens with zero attached hydrogens (tertiary/aromatic N) is 1. The van der Waals surface area contributed by atoms with Crippen molar-refractivity contribution in [2.24, 2.45) is 11.7 Å². The summed E-state index contributed by atoms with van der Waals surface area (Å²) in [5, 5.41) is 10.4. The molecule has 4 heteroatoms. The molecule has 74 valence electrons. The van der Waals surface area contributed by atoms with Crippen molar-refractivity contribution >= 4 is 5.69 Å². The van der Waals surface area contributed by atoms with Crippen molar-refractivity contribution in [3.63, 3.8) is 0 Å². The molecular formula is C10H12N2O2. The van der Waals surface area contributed by atoms with Crippen molar-refractivity contribution in [2.45, 2.75) is 18.9 Å². The number of non-ortho nitro benzene ring substituents is 1. The fraction of sp³-hybridized carbons (Fsp3) is 0.400. The van der Waals surface area contributed by atoms with Crippen LogP contribution in [0.3, 0.4) is 0 Å². The van der Waals surface area contributed by atoms with E-state index in [1.807, 2.05) is 0 Å². The average molecular weight is 192 g/mol. The lowest BCUT2D eigenvalue weighted by Crippen LogP contribution is -2.21. The van der Waals surface area contributed by atoms with Gasteiger partial charge < -0.3 is 5.73 Å². The van der Waals surface area contributed by atoms with Crippen molar-refractivity contribution < 1.29 is 4.92 Å². The van der Waals surface area contributed by atoms with Gasteiger partial charge in [0.1, 0.15) is 0 Å². The molecule has 14 heavy (non-hydrogen) atoms. The molecule has 0 bridgehead atoms. The van der Waals surface area contributed by atoms with E-state index in [0.29, 0.717) is 5.92 Å². The Kier molecular flexibility index (Phi) is 1.82. The van der Waals surface area contributed by atoms with Crippen LogP contribution in [0.2, 0.25) is 0 Å². The number of benzene rings is 1. The summed E-state index contributed by atoms with van der Waals surface area (Å²) in [6.45, 7) is 2.08. The molecule has 2 rings (SSSR count). The summed E-state index contributed by atoms with van der Waals surface area (Å²) >= 11 is 0. The molecule has 0 spiro atoms. The molecule has 0 heterocycles. The molecular weight excluding hydrogens is 180 g/mol. The summed E-state index contributed by atoms with van der Waals surface area (Å²) in [7, 11) is 0. The van der Waals surface area contributed by atoms with Gasteiger partial charge in [0, 0.05) is 17.7 Å². The minimum absolute atomic E-state index is 0.116. The Morgan fingerprint density at radius 3 is 2.36 bits per heavy atom. The number of nitrogens with two attached hydrogens (primary N) is 1. The first-order chi connectivity index (χ1) is 6.54. The number of hydrogen-bond donors (Lipinski definition) is 1. The second kappa shape index (κ2) is 2.78. The van der Waals surface area contributed by atoms with Crippen molar-refractivity contribution in [2.75, 3.05) is 0 Å². The summed E-state index contributed by atoms with van der Waals surface area (Å²) in [5.41, 5.74) is 6.94. The number of hydrogen-bond acceptors (Lipinski definition) is 3. The molecule has 1 saturated carbocycles. The lowest BCUT2D eigenvalue weighted by Gasteiger charge is -2.09. The lowest BCUT2D eigenvalue weighted by atomic mass is 10.0. The Bertz CT molecular complexity index is 374. The van der Waals surface area contributed by atoms with Gasteiger partial charge in [0.15, 0.2) is 0 Å². The monoisotopic (exact) mass is 192 g/mol. The molecule has 0 aromatic heterocycles. The highest BCUT2D eigenvalue weighted by Gasteiger charge is 2.48. The standard InChI is InChI=1S/C10H12N2O2/c1-7-6-10(7,11)8-2-4-9(5-3-8)12(13)14/h2-5,7H,6,11H2,1H3. The molecule has 0 saturated heterocycles. The predicted octanol–water partition coefficient (Wildman–Crippen LogP) is 1.79. The summed E-state index contributed by atoms with van der Waals surface area (Å²) in [4.78, 5) is 10.0. The maximum absolute atomic E-state index is 10.4. The quantitative estimate of drug-likeness (QED) is 0.573. The first kappa shape index (κ1) is 9.15. The molecule has 2 unspecified atom stereocenters. The van der Waals surface area contributed by atoms with Gasteiger partial charge in [-0.15, -0.1) is 0 Å². The Balaban J connectivity index is 2.27. The van der Waals surface area contributed by atoms with Crippen LogP contribution in [0.5, 0.6) is 0 Å². The molecule has 1 aromatic carbocycles. The fourth-order valence-corrected chi connectivity index (χ4v) is 1.74. The van der Waals surface area contributed by atoms with Gasteiger partial charge in [-0.2, -0.15) is 0 Å². The first-order valence-corrected chi connectivity index (χ1v) is 4.58. The topological polar surface area (TPSA) is 69.2 Å². The zero-order chi connectivity index (χ0) is 10.3. The predicted molar refractivity (Wildman–Crippen MR) is 52.7 cm³/mol. The van der Waals surface area contributed by atoms with Crippen molar-refractivity contribution in [1.29, 1.82) is 0 Å². The van der Waals surface area contributed by atoms with E-state index in [-0.39, 0.29) is 11.2 Å². The van der Waals surface area contributed by atoms with Crippen molar-refractivity contribution in [1.82, 2.24) is 0 Å². The summed E-state index contributed by atoms with van der Waals surface area (Å²) in [6, 6.07) is 6.52. The van der Waals surface area contributed by atoms with Gasteiger partial charge in [-0.1, -0.05) is 19.1 Å². The highest BCUT2D eigenvalue weighted by molar-refractivity contribution is 5.39. The number of nitro groups is 1. The molecule has 0 amide bonds. The summed E-state index contributed by atoms with van der Waals surface area (Å²) in [6.07, 6.45) is 0.963. The second-order valence-electron chi connectivity index (χ2n) is 3.95. The van der Waals surface area contributed by atoms with E-state index in [1.165, 1.54) is 12.1 Å². The SMILES string of the molecule is CC1CC1(N)c1ccc([N+](=O)[O-])cc1. The Labute approximate surface area is 81.9 Å². The van der Waals surface area contributed by atoms with Gasteiger partial charge in [0.05, 0.1) is 4.92 Å². The third kappa shape index (κ3) is 1.28. The largest absolute Gasteiger partial charge is 0.321 e. The van der Waals surface area contributed by atoms with E-state index in [2.05, 4.69) is 6.92 Å². The van der Waals surface area contributed by atoms with Crippen LogP contribution in [-0.4, -0.2) is 4.92 Å². The van der Waals surface area contributed by atoms with Crippen LogP contribution in [0.15, 0.2) is 24.3 Å². The van der Waals surface area contributed by atoms with E-state index in [9.17, 15) is 10.1 Å². The molecule has 1 fully saturated rings. The van der Waals surface area contributed by atoms with Gasteiger partial charge in [-0.05, 0) is 17.9 Å². The third-order valence-corrected chi connectivity index (χ3v) is 2.98. The van der Waals surface area contributed by atoms with E-state index in [1.54, 1.807) is 12.1 Å². The van der Waals surface area contributed by atoms with Crippen LogP contribution in [0.4, 0.5) is 5.69 Å². The zero-order valence-electron chi connectivity index (χ0n) is 7.93. The van der Waals surface area contributed by atoms with Crippen LogP contribution >= 0.6 is 0 Å². The van der Waals surface area contributed by atoms with Crippen LogP contribution in [0.25, 0.3) is 0 Å². The van der Waals surface area contributed by atoms with Gasteiger partial charge in [-0.25, -0.2) is 0 Å². The van der Waals surface area contributed by atoms with E-state index in [4.69, 9.17) is 5.73 Å². The van der Waals surface area contributed by atoms with Crippen LogP contribution in [0.1, 0.15) is 18.9 Å². The Hall–Kier alpha value is -1.42. The third-order valence-electron chi connectivity index (χ3n) is 2.98. The van der Waals surface area contributed by atoms with Gasteiger partial charge in [0.25, 0.3) is 5.69 Å². The average Bonchev–Trinajstić information content (AvgIpc) is 2.76. The minimum Gasteiger partial charge on any atom is -0.321 e. The normalized spacial score (nSPS) is 30.0. The highest BCUT2D eigenvalue weighted by Crippen LogP contribution is 2.49. The zero-order valence-corrected chi connectivity index (χ0v) is 7.93. The molecule has 2 N–H and O–H groups in total. The van der Waals surface area contributed by atoms with Crippen LogP contribution < -0.4 is 5.73 Å². The molecule has 0 aliphatic heterocycles. The molecule has 1 aromatic rings. The maximum Gasteiger partial charge on any atom is 0.269 e. The Morgan fingerprint density at radius 1 is 1.50 bits per heavy atom. The first-order valence-electron chi connectivity index (χ1n) is 4.58. The summed E-state index contributed by atoms with van der Waals surface area (Å²) < 4.78 is 0. The second-order valence-corrected chi connectivity index (χ2v) is 3.95. The van der Waals surface area contributed by atoms with E-state index < -0.39 is 4.92 Å². The van der Waals surface area contributed by atoms with E-state index in [0.717, 1.165) is 12.0 Å². The number of nitro benzene ring substituents is 1. The molecule has 1 aliphatic rings. The van der Waals surface area contributed by atoms with E-state index >= 15 is 0 Å². The van der Waals surface area contributed by atoms with Crippen molar-refractivity contribution in [3.05, 3.63) is 39.9 Å². The minimum atomic E-state index is -0.400. The fourth-order valence-electron chi connectivity index (χ4n) is 1.74. The van der Waals surface area contributed by atoms with Crippen LogP contribution in [-0.2, 0) is 5.54 Å².